The molecule has 6 heteroatoms. The van der Waals surface area contributed by atoms with E-state index in [2.05, 4.69) is 4.74 Å². The van der Waals surface area contributed by atoms with Crippen molar-refractivity contribution in [2.45, 2.75) is 13.8 Å². The lowest BCUT2D eigenvalue weighted by molar-refractivity contribution is -0.297. The highest BCUT2D eigenvalue weighted by Crippen LogP contribution is 2.15. The zero-order chi connectivity index (χ0) is 6.78. The van der Waals surface area contributed by atoms with Crippen molar-refractivity contribution in [1.82, 2.24) is 0 Å². The van der Waals surface area contributed by atoms with Gasteiger partial charge in [-0.05, 0) is 0 Å². The van der Waals surface area contributed by atoms with Gasteiger partial charge in [-0.15, -0.1) is 13.2 Å². The highest BCUT2D eigenvalue weighted by Gasteiger charge is 2.33. The lowest BCUT2D eigenvalue weighted by Crippen LogP contribution is -2.17. The summed E-state index contributed by atoms with van der Waals surface area (Å²) in [5, 5.41) is 7.31. The first-order valence-electron chi connectivity index (χ1n) is 1.40. The van der Waals surface area contributed by atoms with Crippen molar-refractivity contribution in [3.05, 3.63) is 0 Å². The fourth-order valence-corrected chi connectivity index (χ4v) is 0.0990. The van der Waals surface area contributed by atoms with Crippen LogP contribution in [0.2, 0.25) is 0 Å². The minimum Gasteiger partial charge on any atom is -0.450 e. The number of halogens is 3. The van der Waals surface area contributed by atoms with Gasteiger partial charge < -0.3 is 9.84 Å². The van der Waals surface area contributed by atoms with Gasteiger partial charge in [0, 0.05) is 0 Å². The minimum atomic E-state index is -5.08. The molecule has 0 aromatic carbocycles. The molecule has 0 atom stereocenters. The van der Waals surface area contributed by atoms with E-state index in [0.29, 0.717) is 0 Å². The smallest absolute Gasteiger partial charge is 0.450 e. The highest BCUT2D eigenvalue weighted by molar-refractivity contribution is 5.56. The van der Waals surface area contributed by atoms with E-state index in [1.165, 1.54) is 0 Å². The van der Waals surface area contributed by atoms with Crippen molar-refractivity contribution < 1.29 is 27.8 Å². The molecule has 0 heterocycles. The summed E-state index contributed by atoms with van der Waals surface area (Å²) < 4.78 is 34.5. The van der Waals surface area contributed by atoms with Crippen LogP contribution in [0.3, 0.4) is 0 Å². The van der Waals surface area contributed by atoms with E-state index in [1.54, 1.807) is 0 Å². The van der Waals surface area contributed by atoms with Crippen molar-refractivity contribution in [3.8, 4) is 0 Å². The first kappa shape index (κ1) is 10.9. The van der Waals surface area contributed by atoms with Crippen LogP contribution in [0.1, 0.15) is 7.43 Å². The van der Waals surface area contributed by atoms with Crippen molar-refractivity contribution in [3.63, 3.8) is 0 Å². The van der Waals surface area contributed by atoms with Crippen LogP contribution in [0, 0.1) is 0 Å². The lowest BCUT2D eigenvalue weighted by atomic mass is 11.2. The van der Waals surface area contributed by atoms with Gasteiger partial charge >= 0.3 is 12.5 Å². The molecule has 0 aliphatic rings. The summed E-state index contributed by atoms with van der Waals surface area (Å²) in [6, 6.07) is 0. The molecule has 0 bridgehead atoms. The molecule has 0 rings (SSSR count). The molecule has 0 aliphatic heterocycles. The largest absolute Gasteiger partial charge is 0.577 e. The number of ether oxygens (including phenoxy) is 1. The van der Waals surface area contributed by atoms with Gasteiger partial charge in [0.2, 0.25) is 0 Å². The Morgan fingerprint density at radius 3 is 1.78 bits per heavy atom. The molecule has 0 fully saturated rings. The molecule has 1 N–H and O–H groups in total. The molecule has 0 amide bonds. The van der Waals surface area contributed by atoms with Crippen molar-refractivity contribution in [2.75, 3.05) is 0 Å². The maximum absolute atomic E-state index is 10.7. The van der Waals surface area contributed by atoms with Gasteiger partial charge in [-0.2, -0.15) is 0 Å². The lowest BCUT2D eigenvalue weighted by Gasteiger charge is -2.00. The number of hydrogen-bond acceptors (Lipinski definition) is 2. The molecule has 0 spiro atoms. The highest BCUT2D eigenvalue weighted by atomic mass is 19.4. The first-order chi connectivity index (χ1) is 3.42. The van der Waals surface area contributed by atoms with Gasteiger partial charge in [0.1, 0.15) is 0 Å². The molecule has 9 heavy (non-hydrogen) atoms. The topological polar surface area (TPSA) is 46.5 Å². The maximum Gasteiger partial charge on any atom is 0.577 e. The molecule has 0 saturated carbocycles. The number of carbonyl (C=O) groups is 1. The monoisotopic (exact) mass is 146 g/mol. The maximum atomic E-state index is 10.7. The van der Waals surface area contributed by atoms with Crippen LogP contribution in [-0.4, -0.2) is 17.6 Å². The first-order valence-corrected chi connectivity index (χ1v) is 1.40. The van der Waals surface area contributed by atoms with E-state index in [0.717, 1.165) is 0 Å². The Labute approximate surface area is 49.0 Å². The average molecular weight is 146 g/mol. The van der Waals surface area contributed by atoms with Crippen LogP contribution in [0.4, 0.5) is 18.0 Å². The Kier molecular flexibility index (Phi) is 3.84. The average Bonchev–Trinajstić information content (AvgIpc) is 1.21. The summed E-state index contributed by atoms with van der Waals surface area (Å²) in [6.07, 6.45) is -7.43. The van der Waals surface area contributed by atoms with Gasteiger partial charge in [-0.3, -0.25) is 0 Å². The number of carboxylic acid groups (broad SMARTS) is 1. The Bertz CT molecular complexity index is 97.0. The molecule has 3 nitrogen and oxygen atoms in total. The second kappa shape index (κ2) is 3.16. The summed E-state index contributed by atoms with van der Waals surface area (Å²) in [6.45, 7) is 0. The third-order valence-electron chi connectivity index (χ3n) is 0.203. The van der Waals surface area contributed by atoms with E-state index in [4.69, 9.17) is 9.90 Å². The Morgan fingerprint density at radius 2 is 1.78 bits per heavy atom. The number of rotatable bonds is 0. The van der Waals surface area contributed by atoms with Crippen LogP contribution >= 0.6 is 0 Å². The Balaban J connectivity index is 0. The molecular formula is C3H5F3O3. The second-order valence-electron chi connectivity index (χ2n) is 0.814. The molecule has 0 unspecified atom stereocenters. The summed E-state index contributed by atoms with van der Waals surface area (Å²) >= 11 is 0. The fraction of sp³-hybridized carbons (Fsp3) is 0.667. The quantitative estimate of drug-likeness (QED) is 0.530. The third-order valence-corrected chi connectivity index (χ3v) is 0.203. The predicted octanol–water partition coefficient (Wildman–Crippen LogP) is 1.84. The third kappa shape index (κ3) is 11.0. The molecule has 0 aromatic rings. The minimum absolute atomic E-state index is 0. The fourth-order valence-electron chi connectivity index (χ4n) is 0.0990. The summed E-state index contributed by atoms with van der Waals surface area (Å²) in [5.41, 5.74) is 0. The van der Waals surface area contributed by atoms with E-state index in [1.807, 2.05) is 0 Å². The van der Waals surface area contributed by atoms with Crippen molar-refractivity contribution in [1.29, 1.82) is 0 Å². The van der Waals surface area contributed by atoms with E-state index < -0.39 is 12.5 Å². The standard InChI is InChI=1S/C2HF3O3.CH4/c3-2(4,5)8-1(6)7;/h(H,6,7);1H4. The normalized spacial score (nSPS) is 9.67. The van der Waals surface area contributed by atoms with Crippen molar-refractivity contribution >= 4 is 6.16 Å². The Morgan fingerprint density at radius 1 is 1.44 bits per heavy atom. The van der Waals surface area contributed by atoms with Crippen LogP contribution in [-0.2, 0) is 4.74 Å². The Hall–Kier alpha value is -0.940. The van der Waals surface area contributed by atoms with Gasteiger partial charge in [-0.1, -0.05) is 7.43 Å². The second-order valence-corrected chi connectivity index (χ2v) is 0.814. The number of hydrogen-bond donors (Lipinski definition) is 1. The molecule has 0 radical (unpaired) electrons. The summed E-state index contributed by atoms with van der Waals surface area (Å²) in [7, 11) is 0. The number of alkyl halides is 3. The van der Waals surface area contributed by atoms with Crippen LogP contribution in [0.25, 0.3) is 0 Å². The zero-order valence-corrected chi connectivity index (χ0v) is 3.40. The van der Waals surface area contributed by atoms with Gasteiger partial charge in [0.15, 0.2) is 0 Å². The summed E-state index contributed by atoms with van der Waals surface area (Å²) in [5.74, 6) is 0. The molecular weight excluding hydrogens is 141 g/mol. The summed E-state index contributed by atoms with van der Waals surface area (Å²) in [4.78, 5) is 9.07. The van der Waals surface area contributed by atoms with Crippen molar-refractivity contribution in [2.24, 2.45) is 0 Å². The van der Waals surface area contributed by atoms with Gasteiger partial charge in [0.25, 0.3) is 0 Å². The SMILES string of the molecule is C.O=C(O)OC(F)(F)F. The molecule has 0 aromatic heterocycles. The van der Waals surface area contributed by atoms with Gasteiger partial charge in [0.05, 0.1) is 0 Å². The predicted molar refractivity (Wildman–Crippen MR) is 21.9 cm³/mol. The van der Waals surface area contributed by atoms with E-state index >= 15 is 0 Å². The van der Waals surface area contributed by atoms with E-state index in [9.17, 15) is 13.2 Å². The van der Waals surface area contributed by atoms with E-state index in [-0.39, 0.29) is 7.43 Å². The molecule has 56 valence electrons. The molecule has 0 saturated heterocycles. The van der Waals surface area contributed by atoms with Gasteiger partial charge in [-0.25, -0.2) is 4.79 Å². The van der Waals surface area contributed by atoms with Crippen LogP contribution < -0.4 is 0 Å². The van der Waals surface area contributed by atoms with Crippen LogP contribution in [0.5, 0.6) is 0 Å². The molecule has 0 aliphatic carbocycles. The van der Waals surface area contributed by atoms with Crippen LogP contribution in [0.15, 0.2) is 0 Å². The zero-order valence-electron chi connectivity index (χ0n) is 3.40.